The van der Waals surface area contributed by atoms with Crippen LogP contribution in [0.25, 0.3) is 0 Å². The standard InChI is InChI=1S/C21H23NO3/c23-21(22-14-8-7-11-17-9-3-1-4-10-17)20-16-24-19(15-25-20)18-12-5-2-6-13-18/h1-5,9-10,12,15-16H,6-8,11,13-14H2,(H,22,23). The first-order valence-electron chi connectivity index (χ1n) is 8.75. The topological polar surface area (TPSA) is 47.6 Å². The van der Waals surface area contributed by atoms with Crippen LogP contribution >= 0.6 is 0 Å². The second-order valence-electron chi connectivity index (χ2n) is 6.06. The summed E-state index contributed by atoms with van der Waals surface area (Å²) >= 11 is 0. The van der Waals surface area contributed by atoms with Crippen LogP contribution in [0.1, 0.15) is 31.2 Å². The highest BCUT2D eigenvalue weighted by Gasteiger charge is 2.18. The van der Waals surface area contributed by atoms with Crippen molar-refractivity contribution in [2.75, 3.05) is 6.54 Å². The minimum Gasteiger partial charge on any atom is -0.457 e. The monoisotopic (exact) mass is 337 g/mol. The molecule has 3 rings (SSSR count). The lowest BCUT2D eigenvalue weighted by Gasteiger charge is -2.17. The summed E-state index contributed by atoms with van der Waals surface area (Å²) in [4.78, 5) is 12.1. The predicted octanol–water partition coefficient (Wildman–Crippen LogP) is 4.13. The highest BCUT2D eigenvalue weighted by Crippen LogP contribution is 2.25. The van der Waals surface area contributed by atoms with Crippen molar-refractivity contribution in [3.05, 3.63) is 83.7 Å². The van der Waals surface area contributed by atoms with Crippen molar-refractivity contribution in [2.24, 2.45) is 0 Å². The molecule has 4 nitrogen and oxygen atoms in total. The number of aryl methyl sites for hydroxylation is 1. The molecule has 2 aliphatic rings. The number of hydrogen-bond acceptors (Lipinski definition) is 3. The maximum Gasteiger partial charge on any atom is 0.290 e. The average Bonchev–Trinajstić information content (AvgIpc) is 2.69. The van der Waals surface area contributed by atoms with E-state index in [4.69, 9.17) is 9.47 Å². The Balaban J connectivity index is 1.36. The summed E-state index contributed by atoms with van der Waals surface area (Å²) in [5.74, 6) is 0.620. The van der Waals surface area contributed by atoms with Crippen LogP contribution in [0.4, 0.5) is 0 Å². The molecule has 0 bridgehead atoms. The van der Waals surface area contributed by atoms with Gasteiger partial charge in [-0.2, -0.15) is 0 Å². The zero-order valence-electron chi connectivity index (χ0n) is 14.2. The summed E-state index contributed by atoms with van der Waals surface area (Å²) in [6.07, 6.45) is 13.9. The first-order chi connectivity index (χ1) is 12.3. The molecule has 1 aromatic carbocycles. The van der Waals surface area contributed by atoms with Crippen molar-refractivity contribution >= 4 is 5.91 Å². The number of carbonyl (C=O) groups is 1. The van der Waals surface area contributed by atoms with Gasteiger partial charge in [-0.1, -0.05) is 48.6 Å². The first kappa shape index (κ1) is 17.1. The number of allylic oxidation sites excluding steroid dienone is 4. The van der Waals surface area contributed by atoms with Gasteiger partial charge < -0.3 is 14.8 Å². The number of amides is 1. The minimum atomic E-state index is -0.243. The minimum absolute atomic E-state index is 0.193. The molecule has 0 saturated carbocycles. The largest absolute Gasteiger partial charge is 0.457 e. The van der Waals surface area contributed by atoms with E-state index in [1.807, 2.05) is 30.4 Å². The second-order valence-corrected chi connectivity index (χ2v) is 6.06. The Labute approximate surface area is 148 Å². The number of carbonyl (C=O) groups excluding carboxylic acids is 1. The highest BCUT2D eigenvalue weighted by atomic mass is 16.5. The van der Waals surface area contributed by atoms with Crippen LogP contribution in [-0.4, -0.2) is 12.5 Å². The summed E-state index contributed by atoms with van der Waals surface area (Å²) < 4.78 is 11.0. The van der Waals surface area contributed by atoms with Crippen molar-refractivity contribution < 1.29 is 14.3 Å². The van der Waals surface area contributed by atoms with Crippen molar-refractivity contribution in [2.45, 2.75) is 32.1 Å². The molecule has 0 radical (unpaired) electrons. The Morgan fingerprint density at radius 3 is 2.68 bits per heavy atom. The van der Waals surface area contributed by atoms with Gasteiger partial charge >= 0.3 is 0 Å². The molecule has 1 N–H and O–H groups in total. The van der Waals surface area contributed by atoms with Gasteiger partial charge in [0.1, 0.15) is 12.5 Å². The van der Waals surface area contributed by atoms with E-state index in [-0.39, 0.29) is 11.7 Å². The zero-order chi connectivity index (χ0) is 17.3. The third kappa shape index (κ3) is 5.11. The smallest absolute Gasteiger partial charge is 0.290 e. The van der Waals surface area contributed by atoms with E-state index in [1.165, 1.54) is 18.1 Å². The molecule has 1 amide bonds. The van der Waals surface area contributed by atoms with Crippen molar-refractivity contribution in [3.63, 3.8) is 0 Å². The van der Waals surface area contributed by atoms with E-state index in [0.717, 1.165) is 37.7 Å². The Bertz CT molecular complexity index is 714. The molecular weight excluding hydrogens is 314 g/mol. The lowest BCUT2D eigenvalue weighted by molar-refractivity contribution is -0.120. The summed E-state index contributed by atoms with van der Waals surface area (Å²) in [6, 6.07) is 10.4. The Hall–Kier alpha value is -2.75. The molecular formula is C21H23NO3. The van der Waals surface area contributed by atoms with Gasteiger partial charge in [0.05, 0.1) is 0 Å². The summed E-state index contributed by atoms with van der Waals surface area (Å²) in [5.41, 5.74) is 2.41. The van der Waals surface area contributed by atoms with Crippen LogP contribution in [0.5, 0.6) is 0 Å². The molecule has 4 heteroatoms. The summed E-state index contributed by atoms with van der Waals surface area (Å²) in [5, 5.41) is 2.87. The van der Waals surface area contributed by atoms with E-state index in [9.17, 15) is 4.79 Å². The highest BCUT2D eigenvalue weighted by molar-refractivity contribution is 5.91. The Morgan fingerprint density at radius 2 is 1.96 bits per heavy atom. The quantitative estimate of drug-likeness (QED) is 0.761. The van der Waals surface area contributed by atoms with E-state index >= 15 is 0 Å². The number of rotatable bonds is 7. The number of hydrogen-bond donors (Lipinski definition) is 1. The van der Waals surface area contributed by atoms with E-state index in [1.54, 1.807) is 0 Å². The van der Waals surface area contributed by atoms with Crippen LogP contribution in [0.2, 0.25) is 0 Å². The molecule has 0 fully saturated rings. The lowest BCUT2D eigenvalue weighted by atomic mass is 10.0. The fraction of sp³-hybridized carbons (Fsp3) is 0.286. The van der Waals surface area contributed by atoms with Crippen molar-refractivity contribution in [1.29, 1.82) is 0 Å². The van der Waals surface area contributed by atoms with Gasteiger partial charge in [-0.3, -0.25) is 4.79 Å². The van der Waals surface area contributed by atoms with Gasteiger partial charge in [0.25, 0.3) is 5.91 Å². The number of nitrogens with one attached hydrogen (secondary N) is 1. The molecule has 1 aliphatic heterocycles. The summed E-state index contributed by atoms with van der Waals surface area (Å²) in [6.45, 7) is 0.624. The van der Waals surface area contributed by atoms with E-state index in [2.05, 4.69) is 23.5 Å². The molecule has 1 aromatic rings. The third-order valence-corrected chi connectivity index (χ3v) is 4.16. The van der Waals surface area contributed by atoms with Crippen molar-refractivity contribution in [3.8, 4) is 0 Å². The van der Waals surface area contributed by atoms with E-state index in [0.29, 0.717) is 12.3 Å². The maximum atomic E-state index is 12.1. The Morgan fingerprint density at radius 1 is 1.08 bits per heavy atom. The van der Waals surface area contributed by atoms with Gasteiger partial charge in [0.15, 0.2) is 5.76 Å². The number of benzene rings is 1. The van der Waals surface area contributed by atoms with Crippen LogP contribution in [0.15, 0.2) is 78.2 Å². The van der Waals surface area contributed by atoms with Crippen LogP contribution in [-0.2, 0) is 20.7 Å². The molecule has 0 saturated heterocycles. The molecule has 0 aromatic heterocycles. The van der Waals surface area contributed by atoms with E-state index < -0.39 is 0 Å². The van der Waals surface area contributed by atoms with Crippen LogP contribution in [0, 0.1) is 0 Å². The van der Waals surface area contributed by atoms with Gasteiger partial charge in [0, 0.05) is 6.54 Å². The van der Waals surface area contributed by atoms with Gasteiger partial charge in [0.2, 0.25) is 5.76 Å². The normalized spacial score (nSPS) is 16.1. The molecule has 0 atom stereocenters. The summed E-state index contributed by atoms with van der Waals surface area (Å²) in [7, 11) is 0. The zero-order valence-corrected chi connectivity index (χ0v) is 14.2. The number of ether oxygens (including phenoxy) is 2. The van der Waals surface area contributed by atoms with Gasteiger partial charge in [-0.05, 0) is 43.2 Å². The molecule has 0 unspecified atom stereocenters. The predicted molar refractivity (Wildman–Crippen MR) is 97.2 cm³/mol. The number of unbranched alkanes of at least 4 members (excludes halogenated alkanes) is 1. The fourth-order valence-electron chi connectivity index (χ4n) is 2.74. The second kappa shape index (κ2) is 8.92. The molecule has 1 heterocycles. The molecule has 1 aliphatic carbocycles. The maximum absolute atomic E-state index is 12.1. The van der Waals surface area contributed by atoms with Gasteiger partial charge in [-0.25, -0.2) is 0 Å². The SMILES string of the molecule is O=C(NCCCCc1ccccc1)C1=COC(C2=CC=CCC2)=CO1. The fourth-order valence-corrected chi connectivity index (χ4v) is 2.74. The van der Waals surface area contributed by atoms with Crippen LogP contribution < -0.4 is 5.32 Å². The molecule has 130 valence electrons. The third-order valence-electron chi connectivity index (χ3n) is 4.16. The molecule has 25 heavy (non-hydrogen) atoms. The lowest BCUT2D eigenvalue weighted by Crippen LogP contribution is -2.27. The first-order valence-corrected chi connectivity index (χ1v) is 8.75. The average molecular weight is 337 g/mol. The van der Waals surface area contributed by atoms with Gasteiger partial charge in [-0.15, -0.1) is 0 Å². The van der Waals surface area contributed by atoms with Crippen molar-refractivity contribution in [1.82, 2.24) is 5.32 Å². The molecule has 0 spiro atoms. The Kier molecular flexibility index (Phi) is 6.10. The van der Waals surface area contributed by atoms with Crippen LogP contribution in [0.3, 0.4) is 0 Å².